The van der Waals surface area contributed by atoms with Crippen LogP contribution in [-0.4, -0.2) is 31.1 Å². The molecule has 0 bridgehead atoms. The molecule has 0 atom stereocenters. The van der Waals surface area contributed by atoms with Crippen LogP contribution in [0.4, 0.5) is 5.69 Å². The molecule has 0 fully saturated rings. The largest absolute Gasteiger partial charge is 0.385 e. The van der Waals surface area contributed by atoms with Crippen LogP contribution in [0.25, 0.3) is 20.2 Å². The molecule has 0 aliphatic rings. The number of fused-ring (bicyclic) bond motifs is 3. The monoisotopic (exact) mass is 312 g/mol. The Morgan fingerprint density at radius 1 is 0.955 bits per heavy atom. The zero-order valence-electron chi connectivity index (χ0n) is 13.4. The summed E-state index contributed by atoms with van der Waals surface area (Å²) in [6.07, 6.45) is 1.18. The Bertz CT molecular complexity index is 743. The third-order valence-electron chi connectivity index (χ3n) is 4.25. The Labute approximate surface area is 136 Å². The highest BCUT2D eigenvalue weighted by Crippen LogP contribution is 2.34. The van der Waals surface area contributed by atoms with Crippen LogP contribution >= 0.6 is 11.3 Å². The van der Waals surface area contributed by atoms with E-state index >= 15 is 0 Å². The lowest BCUT2D eigenvalue weighted by Gasteiger charge is -2.17. The summed E-state index contributed by atoms with van der Waals surface area (Å²) >= 11 is 1.87. The maximum atomic E-state index is 3.57. The summed E-state index contributed by atoms with van der Waals surface area (Å²) in [5.41, 5.74) is 1.23. The van der Waals surface area contributed by atoms with Crippen LogP contribution in [0, 0.1) is 0 Å². The number of hydrogen-bond donors (Lipinski definition) is 1. The van der Waals surface area contributed by atoms with Crippen LogP contribution in [0.1, 0.15) is 20.3 Å². The summed E-state index contributed by atoms with van der Waals surface area (Å²) in [4.78, 5) is 2.47. The average molecular weight is 312 g/mol. The van der Waals surface area contributed by atoms with Crippen molar-refractivity contribution < 1.29 is 0 Å². The fourth-order valence-corrected chi connectivity index (χ4v) is 4.00. The van der Waals surface area contributed by atoms with Crippen LogP contribution in [-0.2, 0) is 0 Å². The van der Waals surface area contributed by atoms with Crippen LogP contribution < -0.4 is 5.32 Å². The Hall–Kier alpha value is -1.58. The summed E-state index contributed by atoms with van der Waals surface area (Å²) in [5.74, 6) is 0. The van der Waals surface area contributed by atoms with E-state index in [1.165, 1.54) is 38.8 Å². The molecule has 0 unspecified atom stereocenters. The van der Waals surface area contributed by atoms with Crippen molar-refractivity contribution in [3.8, 4) is 0 Å². The summed E-state index contributed by atoms with van der Waals surface area (Å²) < 4.78 is 2.74. The lowest BCUT2D eigenvalue weighted by Crippen LogP contribution is -2.25. The molecule has 116 valence electrons. The van der Waals surface area contributed by atoms with E-state index in [-0.39, 0.29) is 0 Å². The minimum Gasteiger partial charge on any atom is -0.385 e. The molecule has 0 aliphatic carbocycles. The smallest absolute Gasteiger partial charge is 0.0356 e. The lowest BCUT2D eigenvalue weighted by molar-refractivity contribution is 0.303. The summed E-state index contributed by atoms with van der Waals surface area (Å²) in [7, 11) is 0. The molecule has 0 amide bonds. The van der Waals surface area contributed by atoms with Gasteiger partial charge in [-0.3, -0.25) is 0 Å². The van der Waals surface area contributed by atoms with Gasteiger partial charge in [-0.2, -0.15) is 0 Å². The zero-order valence-corrected chi connectivity index (χ0v) is 14.2. The van der Waals surface area contributed by atoms with E-state index in [2.05, 4.69) is 66.5 Å². The lowest BCUT2D eigenvalue weighted by atomic mass is 10.1. The van der Waals surface area contributed by atoms with E-state index in [0.717, 1.165) is 19.6 Å². The van der Waals surface area contributed by atoms with E-state index in [4.69, 9.17) is 0 Å². The summed E-state index contributed by atoms with van der Waals surface area (Å²) in [6, 6.07) is 15.4. The molecule has 1 heterocycles. The van der Waals surface area contributed by atoms with E-state index in [0.29, 0.717) is 0 Å². The van der Waals surface area contributed by atoms with Crippen molar-refractivity contribution in [2.75, 3.05) is 31.5 Å². The molecule has 3 heteroatoms. The average Bonchev–Trinajstić information content (AvgIpc) is 2.93. The number of benzene rings is 2. The van der Waals surface area contributed by atoms with Crippen LogP contribution in [0.2, 0.25) is 0 Å². The topological polar surface area (TPSA) is 15.3 Å². The van der Waals surface area contributed by atoms with E-state index in [1.807, 2.05) is 11.3 Å². The number of hydrogen-bond acceptors (Lipinski definition) is 3. The molecule has 22 heavy (non-hydrogen) atoms. The third-order valence-corrected chi connectivity index (χ3v) is 5.40. The third kappa shape index (κ3) is 3.26. The van der Waals surface area contributed by atoms with Gasteiger partial charge in [0, 0.05) is 32.4 Å². The predicted molar refractivity (Wildman–Crippen MR) is 100 cm³/mol. The van der Waals surface area contributed by atoms with Gasteiger partial charge in [0.2, 0.25) is 0 Å². The van der Waals surface area contributed by atoms with Gasteiger partial charge in [-0.25, -0.2) is 0 Å². The number of nitrogens with one attached hydrogen (secondary N) is 1. The van der Waals surface area contributed by atoms with E-state index < -0.39 is 0 Å². The molecular formula is C19H24N2S. The van der Waals surface area contributed by atoms with E-state index in [9.17, 15) is 0 Å². The fourth-order valence-electron chi connectivity index (χ4n) is 2.91. The van der Waals surface area contributed by atoms with Crippen molar-refractivity contribution in [1.29, 1.82) is 0 Å². The SMILES string of the molecule is CCN(CC)CCCNc1ccc2sc3ccccc3c2c1. The van der Waals surface area contributed by atoms with Gasteiger partial charge in [0.1, 0.15) is 0 Å². The van der Waals surface area contributed by atoms with Crippen molar-refractivity contribution in [3.05, 3.63) is 42.5 Å². The highest BCUT2D eigenvalue weighted by atomic mass is 32.1. The Balaban J connectivity index is 1.68. The zero-order chi connectivity index (χ0) is 15.4. The first-order valence-corrected chi connectivity index (χ1v) is 9.01. The Kier molecular flexibility index (Phi) is 4.96. The van der Waals surface area contributed by atoms with Crippen LogP contribution in [0.5, 0.6) is 0 Å². The molecule has 2 nitrogen and oxygen atoms in total. The molecule has 0 saturated carbocycles. The van der Waals surface area contributed by atoms with Crippen molar-refractivity contribution in [1.82, 2.24) is 4.90 Å². The normalized spacial score (nSPS) is 11.6. The number of anilines is 1. The Morgan fingerprint density at radius 2 is 1.73 bits per heavy atom. The molecule has 2 aromatic carbocycles. The van der Waals surface area contributed by atoms with Crippen LogP contribution in [0.3, 0.4) is 0 Å². The minimum absolute atomic E-state index is 1.03. The molecule has 0 aliphatic heterocycles. The molecule has 3 rings (SSSR count). The van der Waals surface area contributed by atoms with Gasteiger partial charge in [0.15, 0.2) is 0 Å². The quantitative estimate of drug-likeness (QED) is 0.603. The van der Waals surface area contributed by atoms with E-state index in [1.54, 1.807) is 0 Å². The number of rotatable bonds is 7. The highest BCUT2D eigenvalue weighted by Gasteiger charge is 2.05. The second kappa shape index (κ2) is 7.12. The van der Waals surface area contributed by atoms with Crippen molar-refractivity contribution in [2.45, 2.75) is 20.3 Å². The second-order valence-electron chi connectivity index (χ2n) is 5.62. The van der Waals surface area contributed by atoms with Crippen molar-refractivity contribution in [2.24, 2.45) is 0 Å². The van der Waals surface area contributed by atoms with Gasteiger partial charge in [-0.05, 0) is 50.3 Å². The highest BCUT2D eigenvalue weighted by molar-refractivity contribution is 7.25. The summed E-state index contributed by atoms with van der Waals surface area (Å²) in [5, 5.41) is 6.31. The van der Waals surface area contributed by atoms with Crippen molar-refractivity contribution >= 4 is 37.2 Å². The van der Waals surface area contributed by atoms with Gasteiger partial charge in [0.05, 0.1) is 0 Å². The predicted octanol–water partition coefficient (Wildman–Crippen LogP) is 5.20. The fraction of sp³-hybridized carbons (Fsp3) is 0.368. The number of thiophene rings is 1. The maximum absolute atomic E-state index is 3.57. The first kappa shape index (κ1) is 15.3. The van der Waals surface area contributed by atoms with Gasteiger partial charge in [-0.1, -0.05) is 32.0 Å². The molecule has 0 saturated heterocycles. The Morgan fingerprint density at radius 3 is 2.55 bits per heavy atom. The standard InChI is InChI=1S/C19H24N2S/c1-3-21(4-2)13-7-12-20-15-10-11-19-17(14-15)16-8-5-6-9-18(16)22-19/h5-6,8-11,14,20H,3-4,7,12-13H2,1-2H3. The maximum Gasteiger partial charge on any atom is 0.0356 e. The summed E-state index contributed by atoms with van der Waals surface area (Å²) in [6.45, 7) is 8.94. The molecule has 0 radical (unpaired) electrons. The van der Waals surface area contributed by atoms with Gasteiger partial charge in [-0.15, -0.1) is 11.3 Å². The van der Waals surface area contributed by atoms with Gasteiger partial charge in [0.25, 0.3) is 0 Å². The first-order chi connectivity index (χ1) is 10.8. The van der Waals surface area contributed by atoms with Gasteiger partial charge < -0.3 is 10.2 Å². The van der Waals surface area contributed by atoms with Gasteiger partial charge >= 0.3 is 0 Å². The number of nitrogens with zero attached hydrogens (tertiary/aromatic N) is 1. The molecule has 3 aromatic rings. The first-order valence-electron chi connectivity index (χ1n) is 8.19. The molecule has 1 aromatic heterocycles. The van der Waals surface area contributed by atoms with Crippen molar-refractivity contribution in [3.63, 3.8) is 0 Å². The molecule has 1 N–H and O–H groups in total. The minimum atomic E-state index is 1.03. The molecule has 0 spiro atoms. The van der Waals surface area contributed by atoms with Crippen LogP contribution in [0.15, 0.2) is 42.5 Å². The molecular weight excluding hydrogens is 288 g/mol. The second-order valence-corrected chi connectivity index (χ2v) is 6.70.